The smallest absolute Gasteiger partial charge is 0.335 e. The molecule has 0 bridgehead atoms. The number of aromatic carboxylic acids is 1. The Kier molecular flexibility index (Phi) is 4.64. The first-order valence-electron chi connectivity index (χ1n) is 4.87. The molecule has 5 heteroatoms. The van der Waals surface area contributed by atoms with Crippen LogP contribution in [0.25, 0.3) is 0 Å². The zero-order valence-electron chi connectivity index (χ0n) is 9.34. The van der Waals surface area contributed by atoms with Gasteiger partial charge >= 0.3 is 5.97 Å². The van der Waals surface area contributed by atoms with E-state index in [0.29, 0.717) is 10.6 Å². The Bertz CT molecular complexity index is 387. The van der Waals surface area contributed by atoms with Crippen LogP contribution in [0.5, 0.6) is 0 Å². The van der Waals surface area contributed by atoms with Gasteiger partial charge in [0, 0.05) is 17.2 Å². The summed E-state index contributed by atoms with van der Waals surface area (Å²) in [7, 11) is 2.78. The molecule has 0 saturated heterocycles. The van der Waals surface area contributed by atoms with Crippen molar-refractivity contribution in [1.82, 2.24) is 4.90 Å². The van der Waals surface area contributed by atoms with Crippen molar-refractivity contribution >= 4 is 16.8 Å². The van der Waals surface area contributed by atoms with Gasteiger partial charge in [-0.25, -0.2) is 4.79 Å². The third kappa shape index (κ3) is 3.75. The second-order valence-corrected chi connectivity index (χ2v) is 5.25. The lowest BCUT2D eigenvalue weighted by atomic mass is 10.2. The van der Waals surface area contributed by atoms with Crippen LogP contribution in [0.4, 0.5) is 0 Å². The highest BCUT2D eigenvalue weighted by molar-refractivity contribution is 7.85. The van der Waals surface area contributed by atoms with Gasteiger partial charge in [-0.2, -0.15) is 0 Å². The number of hydrogen-bond donors (Lipinski definition) is 1. The Labute approximate surface area is 97.3 Å². The molecule has 1 aromatic carbocycles. The average Bonchev–Trinajstić information content (AvgIpc) is 2.26. The second kappa shape index (κ2) is 5.77. The van der Waals surface area contributed by atoms with Crippen molar-refractivity contribution < 1.29 is 14.1 Å². The number of benzene rings is 1. The normalized spacial score (nSPS) is 12.7. The van der Waals surface area contributed by atoms with Crippen molar-refractivity contribution in [3.63, 3.8) is 0 Å². The minimum absolute atomic E-state index is 0.216. The van der Waals surface area contributed by atoms with Gasteiger partial charge in [0.1, 0.15) is 0 Å². The van der Waals surface area contributed by atoms with E-state index in [1.165, 1.54) is 12.1 Å². The summed E-state index contributed by atoms with van der Waals surface area (Å²) in [6.07, 6.45) is 0. The molecule has 0 aromatic heterocycles. The first-order chi connectivity index (χ1) is 7.50. The second-order valence-electron chi connectivity index (χ2n) is 3.68. The van der Waals surface area contributed by atoms with Crippen molar-refractivity contribution in [1.29, 1.82) is 0 Å². The SMILES string of the molecule is CN(C)CCS(=O)c1ccc(C(=O)O)cc1. The Hall–Kier alpha value is -1.20. The molecule has 0 heterocycles. The molecule has 0 radical (unpaired) electrons. The van der Waals surface area contributed by atoms with Crippen LogP contribution in [0.1, 0.15) is 10.4 Å². The molecule has 0 aliphatic carbocycles. The number of carbonyl (C=O) groups is 1. The van der Waals surface area contributed by atoms with Crippen molar-refractivity contribution in [2.45, 2.75) is 4.90 Å². The fourth-order valence-corrected chi connectivity index (χ4v) is 2.34. The molecule has 0 saturated carbocycles. The minimum atomic E-state index is -1.06. The van der Waals surface area contributed by atoms with Crippen LogP contribution in [-0.2, 0) is 10.8 Å². The number of nitrogens with zero attached hydrogens (tertiary/aromatic N) is 1. The molecule has 4 nitrogen and oxygen atoms in total. The van der Waals surface area contributed by atoms with E-state index in [0.717, 1.165) is 6.54 Å². The van der Waals surface area contributed by atoms with Gasteiger partial charge in [-0.3, -0.25) is 4.21 Å². The van der Waals surface area contributed by atoms with Gasteiger partial charge in [0.05, 0.1) is 16.4 Å². The Morgan fingerprint density at radius 3 is 2.31 bits per heavy atom. The maximum Gasteiger partial charge on any atom is 0.335 e. The summed E-state index contributed by atoms with van der Waals surface area (Å²) >= 11 is 0. The Morgan fingerprint density at radius 2 is 1.88 bits per heavy atom. The monoisotopic (exact) mass is 241 g/mol. The van der Waals surface area contributed by atoms with Crippen LogP contribution < -0.4 is 0 Å². The Balaban J connectivity index is 2.67. The molecular formula is C11H15NO3S. The molecule has 0 aliphatic heterocycles. The van der Waals surface area contributed by atoms with E-state index in [-0.39, 0.29) is 5.56 Å². The lowest BCUT2D eigenvalue weighted by molar-refractivity contribution is 0.0697. The molecule has 0 aliphatic rings. The predicted octanol–water partition coefficient (Wildman–Crippen LogP) is 1.05. The zero-order valence-corrected chi connectivity index (χ0v) is 10.2. The molecule has 16 heavy (non-hydrogen) atoms. The summed E-state index contributed by atoms with van der Waals surface area (Å²) in [4.78, 5) is 13.2. The molecule has 1 unspecified atom stereocenters. The molecule has 1 N–H and O–H groups in total. The van der Waals surface area contributed by atoms with Gasteiger partial charge in [0.25, 0.3) is 0 Å². The van der Waals surface area contributed by atoms with Crippen molar-refractivity contribution in [2.24, 2.45) is 0 Å². The van der Waals surface area contributed by atoms with Crippen LogP contribution in [0, 0.1) is 0 Å². The molecule has 88 valence electrons. The van der Waals surface area contributed by atoms with Crippen LogP contribution in [0.2, 0.25) is 0 Å². The molecule has 1 atom stereocenters. The third-order valence-electron chi connectivity index (χ3n) is 2.09. The summed E-state index contributed by atoms with van der Waals surface area (Å²) in [6.45, 7) is 0.743. The van der Waals surface area contributed by atoms with E-state index < -0.39 is 16.8 Å². The predicted molar refractivity (Wildman–Crippen MR) is 63.2 cm³/mol. The van der Waals surface area contributed by atoms with E-state index in [1.807, 2.05) is 19.0 Å². The van der Waals surface area contributed by atoms with E-state index in [9.17, 15) is 9.00 Å². The molecule has 1 aromatic rings. The summed E-state index contributed by atoms with van der Waals surface area (Å²) < 4.78 is 11.8. The number of rotatable bonds is 5. The van der Waals surface area contributed by atoms with Crippen LogP contribution in [-0.4, -0.2) is 46.6 Å². The fraction of sp³-hybridized carbons (Fsp3) is 0.364. The zero-order chi connectivity index (χ0) is 12.1. The molecule has 0 amide bonds. The lowest BCUT2D eigenvalue weighted by Crippen LogP contribution is -2.19. The van der Waals surface area contributed by atoms with Gasteiger partial charge in [0.2, 0.25) is 0 Å². The van der Waals surface area contributed by atoms with Crippen LogP contribution in [0.15, 0.2) is 29.2 Å². The van der Waals surface area contributed by atoms with Crippen LogP contribution in [0.3, 0.4) is 0 Å². The summed E-state index contributed by atoms with van der Waals surface area (Å²) in [6, 6.07) is 6.17. The maximum atomic E-state index is 11.8. The van der Waals surface area contributed by atoms with Crippen molar-refractivity contribution in [3.8, 4) is 0 Å². The first-order valence-corrected chi connectivity index (χ1v) is 6.19. The fourth-order valence-electron chi connectivity index (χ4n) is 1.13. The maximum absolute atomic E-state index is 11.8. The highest BCUT2D eigenvalue weighted by Crippen LogP contribution is 2.09. The van der Waals surface area contributed by atoms with Gasteiger partial charge < -0.3 is 10.0 Å². The van der Waals surface area contributed by atoms with E-state index in [2.05, 4.69) is 0 Å². The van der Waals surface area contributed by atoms with E-state index in [4.69, 9.17) is 5.11 Å². The standard InChI is InChI=1S/C11H15NO3S/c1-12(2)7-8-16(15)10-5-3-9(4-6-10)11(13)14/h3-6H,7-8H2,1-2H3,(H,13,14). The van der Waals surface area contributed by atoms with Gasteiger partial charge in [-0.15, -0.1) is 0 Å². The highest BCUT2D eigenvalue weighted by atomic mass is 32.2. The summed E-state index contributed by atoms with van der Waals surface area (Å²) in [5.74, 6) is -0.412. The van der Waals surface area contributed by atoms with Crippen molar-refractivity contribution in [3.05, 3.63) is 29.8 Å². The lowest BCUT2D eigenvalue weighted by Gasteiger charge is -2.08. The highest BCUT2D eigenvalue weighted by Gasteiger charge is 2.06. The summed E-state index contributed by atoms with van der Waals surface area (Å²) in [5, 5.41) is 8.71. The largest absolute Gasteiger partial charge is 0.478 e. The topological polar surface area (TPSA) is 57.6 Å². The molecule has 0 fully saturated rings. The minimum Gasteiger partial charge on any atom is -0.478 e. The summed E-state index contributed by atoms with van der Waals surface area (Å²) in [5.41, 5.74) is 0.216. The van der Waals surface area contributed by atoms with E-state index in [1.54, 1.807) is 12.1 Å². The van der Waals surface area contributed by atoms with Gasteiger partial charge in [0.15, 0.2) is 0 Å². The van der Waals surface area contributed by atoms with E-state index >= 15 is 0 Å². The van der Waals surface area contributed by atoms with Crippen LogP contribution >= 0.6 is 0 Å². The first kappa shape index (κ1) is 12.9. The number of hydrogen-bond acceptors (Lipinski definition) is 3. The Morgan fingerprint density at radius 1 is 1.31 bits per heavy atom. The quantitative estimate of drug-likeness (QED) is 0.837. The third-order valence-corrected chi connectivity index (χ3v) is 3.44. The van der Waals surface area contributed by atoms with Gasteiger partial charge in [-0.1, -0.05) is 0 Å². The molecule has 1 rings (SSSR count). The number of carboxylic acids is 1. The van der Waals surface area contributed by atoms with Crippen molar-refractivity contribution in [2.75, 3.05) is 26.4 Å². The molecule has 0 spiro atoms. The molecular weight excluding hydrogens is 226 g/mol. The van der Waals surface area contributed by atoms with Gasteiger partial charge in [-0.05, 0) is 38.4 Å². The average molecular weight is 241 g/mol. The number of carboxylic acid groups (broad SMARTS) is 1.